The summed E-state index contributed by atoms with van der Waals surface area (Å²) in [6.45, 7) is 8.05. The first-order chi connectivity index (χ1) is 9.99. The number of hydrogen-bond acceptors (Lipinski definition) is 4. The monoisotopic (exact) mass is 315 g/mol. The number of carbonyl (C=O) groups excluding carboxylic acids is 1. The molecule has 122 valence electrons. The van der Waals surface area contributed by atoms with Gasteiger partial charge in [0.05, 0.1) is 11.0 Å². The third kappa shape index (κ3) is 5.88. The molecule has 6 heteroatoms. The van der Waals surface area contributed by atoms with Gasteiger partial charge < -0.3 is 15.4 Å². The third-order valence-electron chi connectivity index (χ3n) is 3.97. The summed E-state index contributed by atoms with van der Waals surface area (Å²) in [5.74, 6) is 0.492. The Morgan fingerprint density at radius 1 is 1.33 bits per heavy atom. The van der Waals surface area contributed by atoms with Crippen molar-refractivity contribution in [3.05, 3.63) is 0 Å². The molecule has 2 unspecified atom stereocenters. The second-order valence-corrected chi connectivity index (χ2v) is 6.36. The van der Waals surface area contributed by atoms with Gasteiger partial charge in [0.25, 0.3) is 0 Å². The highest BCUT2D eigenvalue weighted by Gasteiger charge is 2.27. The molecule has 1 rings (SSSR count). The van der Waals surface area contributed by atoms with Gasteiger partial charge in [0.2, 0.25) is 5.91 Å². The molecule has 0 aromatic rings. The average molecular weight is 315 g/mol. The fourth-order valence-electron chi connectivity index (χ4n) is 2.83. The highest BCUT2D eigenvalue weighted by Crippen LogP contribution is 2.14. The SMILES string of the molecule is CCCC(C(N)=S)N1CCN(C(=O)CC(C)COC)CC1. The second kappa shape index (κ2) is 9.33. The zero-order valence-electron chi connectivity index (χ0n) is 13.5. The highest BCUT2D eigenvalue weighted by molar-refractivity contribution is 7.80. The van der Waals surface area contributed by atoms with Crippen LogP contribution in [0, 0.1) is 5.92 Å². The van der Waals surface area contributed by atoms with Crippen LogP contribution in [-0.2, 0) is 9.53 Å². The molecule has 21 heavy (non-hydrogen) atoms. The molecule has 1 aliphatic rings. The molecule has 2 atom stereocenters. The first-order valence-electron chi connectivity index (χ1n) is 7.79. The van der Waals surface area contributed by atoms with Gasteiger partial charge in [-0.05, 0) is 12.3 Å². The van der Waals surface area contributed by atoms with Crippen molar-refractivity contribution in [2.24, 2.45) is 11.7 Å². The lowest BCUT2D eigenvalue weighted by molar-refractivity contribution is -0.134. The van der Waals surface area contributed by atoms with Crippen LogP contribution in [0.4, 0.5) is 0 Å². The lowest BCUT2D eigenvalue weighted by Crippen LogP contribution is -2.55. The Morgan fingerprint density at radius 2 is 1.95 bits per heavy atom. The van der Waals surface area contributed by atoms with Crippen molar-refractivity contribution in [3.8, 4) is 0 Å². The Kier molecular flexibility index (Phi) is 8.14. The Labute approximate surface area is 133 Å². The van der Waals surface area contributed by atoms with E-state index in [1.165, 1.54) is 0 Å². The number of thiocarbonyl (C=S) groups is 1. The fraction of sp³-hybridized carbons (Fsp3) is 0.867. The van der Waals surface area contributed by atoms with Gasteiger partial charge in [-0.25, -0.2) is 0 Å². The van der Waals surface area contributed by atoms with Crippen molar-refractivity contribution in [3.63, 3.8) is 0 Å². The first-order valence-corrected chi connectivity index (χ1v) is 8.20. The van der Waals surface area contributed by atoms with Crippen LogP contribution in [0.1, 0.15) is 33.1 Å². The van der Waals surface area contributed by atoms with Crippen molar-refractivity contribution >= 4 is 23.1 Å². The van der Waals surface area contributed by atoms with Gasteiger partial charge in [-0.3, -0.25) is 9.69 Å². The van der Waals surface area contributed by atoms with E-state index >= 15 is 0 Å². The Morgan fingerprint density at radius 3 is 2.43 bits per heavy atom. The summed E-state index contributed by atoms with van der Waals surface area (Å²) >= 11 is 5.17. The van der Waals surface area contributed by atoms with Crippen LogP contribution in [0.15, 0.2) is 0 Å². The molecule has 0 aromatic carbocycles. The molecule has 1 fully saturated rings. The van der Waals surface area contributed by atoms with E-state index in [0.29, 0.717) is 18.0 Å². The Balaban J connectivity index is 2.43. The van der Waals surface area contributed by atoms with Crippen molar-refractivity contribution in [2.75, 3.05) is 39.9 Å². The summed E-state index contributed by atoms with van der Waals surface area (Å²) in [5.41, 5.74) is 5.84. The van der Waals surface area contributed by atoms with Crippen LogP contribution in [0.5, 0.6) is 0 Å². The first kappa shape index (κ1) is 18.3. The molecule has 2 N–H and O–H groups in total. The molecular formula is C15H29N3O2S. The smallest absolute Gasteiger partial charge is 0.223 e. The summed E-state index contributed by atoms with van der Waals surface area (Å²) in [4.78, 5) is 17.1. The predicted octanol–water partition coefficient (Wildman–Crippen LogP) is 1.26. The number of nitrogens with two attached hydrogens (primary N) is 1. The van der Waals surface area contributed by atoms with Crippen LogP contribution < -0.4 is 5.73 Å². The number of piperazine rings is 1. The molecule has 1 saturated heterocycles. The standard InChI is InChI=1S/C15H29N3O2S/c1-4-5-13(15(16)21)17-6-8-18(9-7-17)14(19)10-12(2)11-20-3/h12-13H,4-11H2,1-3H3,(H2,16,21). The van der Waals surface area contributed by atoms with Crippen molar-refractivity contribution < 1.29 is 9.53 Å². The molecule has 0 saturated carbocycles. The van der Waals surface area contributed by atoms with Gasteiger partial charge in [0.15, 0.2) is 0 Å². The molecule has 0 spiro atoms. The van der Waals surface area contributed by atoms with Crippen LogP contribution in [0.25, 0.3) is 0 Å². The topological polar surface area (TPSA) is 58.8 Å². The van der Waals surface area contributed by atoms with Gasteiger partial charge in [-0.2, -0.15) is 0 Å². The number of carbonyl (C=O) groups is 1. The van der Waals surface area contributed by atoms with Gasteiger partial charge in [-0.15, -0.1) is 0 Å². The fourth-order valence-corrected chi connectivity index (χ4v) is 3.10. The van der Waals surface area contributed by atoms with E-state index in [1.54, 1.807) is 7.11 Å². The molecular weight excluding hydrogens is 286 g/mol. The molecule has 1 heterocycles. The Hall–Kier alpha value is -0.720. The van der Waals surface area contributed by atoms with E-state index in [2.05, 4.69) is 11.8 Å². The predicted molar refractivity (Wildman–Crippen MR) is 89.3 cm³/mol. The van der Waals surface area contributed by atoms with Crippen LogP contribution >= 0.6 is 12.2 Å². The molecule has 5 nitrogen and oxygen atoms in total. The maximum Gasteiger partial charge on any atom is 0.223 e. The minimum atomic E-state index is 0.176. The lowest BCUT2D eigenvalue weighted by atomic mass is 10.1. The van der Waals surface area contributed by atoms with Crippen molar-refractivity contribution in [2.45, 2.75) is 39.2 Å². The number of amides is 1. The number of rotatable bonds is 8. The third-order valence-corrected chi connectivity index (χ3v) is 4.24. The Bertz CT molecular complexity index is 344. The van der Waals surface area contributed by atoms with Crippen LogP contribution in [0.3, 0.4) is 0 Å². The van der Waals surface area contributed by atoms with E-state index in [1.807, 2.05) is 11.8 Å². The minimum Gasteiger partial charge on any atom is -0.392 e. The molecule has 0 radical (unpaired) electrons. The number of hydrogen-bond donors (Lipinski definition) is 1. The molecule has 0 aliphatic carbocycles. The highest BCUT2D eigenvalue weighted by atomic mass is 32.1. The van der Waals surface area contributed by atoms with E-state index in [0.717, 1.165) is 39.0 Å². The van der Waals surface area contributed by atoms with Gasteiger partial charge in [0.1, 0.15) is 0 Å². The van der Waals surface area contributed by atoms with Gasteiger partial charge in [-0.1, -0.05) is 32.5 Å². The van der Waals surface area contributed by atoms with Gasteiger partial charge >= 0.3 is 0 Å². The number of ether oxygens (including phenoxy) is 1. The van der Waals surface area contributed by atoms with E-state index in [-0.39, 0.29) is 17.9 Å². The van der Waals surface area contributed by atoms with Crippen LogP contribution in [0.2, 0.25) is 0 Å². The minimum absolute atomic E-state index is 0.176. The summed E-state index contributed by atoms with van der Waals surface area (Å²) < 4.78 is 5.09. The quantitative estimate of drug-likeness (QED) is 0.683. The zero-order chi connectivity index (χ0) is 15.8. The number of nitrogens with zero attached hydrogens (tertiary/aromatic N) is 2. The van der Waals surface area contributed by atoms with Crippen molar-refractivity contribution in [1.29, 1.82) is 0 Å². The van der Waals surface area contributed by atoms with Gasteiger partial charge in [0, 0.05) is 46.3 Å². The summed E-state index contributed by atoms with van der Waals surface area (Å²) in [6, 6.07) is 0.176. The maximum atomic E-state index is 12.2. The van der Waals surface area contributed by atoms with E-state index in [4.69, 9.17) is 22.7 Å². The second-order valence-electron chi connectivity index (χ2n) is 5.89. The normalized spacial score (nSPS) is 19.3. The maximum absolute atomic E-state index is 12.2. The number of methoxy groups -OCH3 is 1. The average Bonchev–Trinajstić information content (AvgIpc) is 2.44. The molecule has 1 aliphatic heterocycles. The zero-order valence-corrected chi connectivity index (χ0v) is 14.3. The summed E-state index contributed by atoms with van der Waals surface area (Å²) in [5, 5.41) is 0. The van der Waals surface area contributed by atoms with Crippen LogP contribution in [-0.4, -0.2) is 66.6 Å². The lowest BCUT2D eigenvalue weighted by Gasteiger charge is -2.39. The van der Waals surface area contributed by atoms with E-state index < -0.39 is 0 Å². The molecule has 0 bridgehead atoms. The van der Waals surface area contributed by atoms with E-state index in [9.17, 15) is 4.79 Å². The van der Waals surface area contributed by atoms with Crippen molar-refractivity contribution in [1.82, 2.24) is 9.80 Å². The molecule has 1 amide bonds. The summed E-state index contributed by atoms with van der Waals surface area (Å²) in [7, 11) is 1.67. The molecule has 0 aromatic heterocycles. The largest absolute Gasteiger partial charge is 0.392 e. The summed E-state index contributed by atoms with van der Waals surface area (Å²) in [6.07, 6.45) is 2.62.